The molecule has 0 radical (unpaired) electrons. The van der Waals surface area contributed by atoms with E-state index in [9.17, 15) is 4.39 Å². The van der Waals surface area contributed by atoms with E-state index in [-0.39, 0.29) is 12.4 Å². The molecule has 2 N–H and O–H groups in total. The fraction of sp³-hybridized carbons (Fsp3) is 0.143. The molecule has 2 aromatic carbocycles. The standard InChI is InChI=1S/C14H12Cl2FNO/c1-8-5-14(12(17)6-13(8)18)19-7-9-10(15)3-2-4-11(9)16/h2-6H,7,18H2,1H3. The van der Waals surface area contributed by atoms with Gasteiger partial charge >= 0.3 is 0 Å². The quantitative estimate of drug-likeness (QED) is 0.841. The van der Waals surface area contributed by atoms with Crippen LogP contribution in [0.4, 0.5) is 10.1 Å². The van der Waals surface area contributed by atoms with Gasteiger partial charge in [-0.05, 0) is 30.7 Å². The normalized spacial score (nSPS) is 10.5. The van der Waals surface area contributed by atoms with Crippen molar-refractivity contribution in [2.24, 2.45) is 0 Å². The summed E-state index contributed by atoms with van der Waals surface area (Å²) in [6.07, 6.45) is 0. The summed E-state index contributed by atoms with van der Waals surface area (Å²) in [7, 11) is 0. The second-order valence-electron chi connectivity index (χ2n) is 4.13. The van der Waals surface area contributed by atoms with Crippen LogP contribution < -0.4 is 10.5 Å². The van der Waals surface area contributed by atoms with Crippen molar-refractivity contribution in [3.8, 4) is 5.75 Å². The van der Waals surface area contributed by atoms with E-state index in [2.05, 4.69) is 0 Å². The van der Waals surface area contributed by atoms with Gasteiger partial charge in [0.2, 0.25) is 0 Å². The molecule has 0 amide bonds. The van der Waals surface area contributed by atoms with E-state index in [1.807, 2.05) is 0 Å². The summed E-state index contributed by atoms with van der Waals surface area (Å²) in [5.41, 5.74) is 7.37. The Labute approximate surface area is 120 Å². The summed E-state index contributed by atoms with van der Waals surface area (Å²) in [6, 6.07) is 7.93. The van der Waals surface area contributed by atoms with Gasteiger partial charge in [0.05, 0.1) is 0 Å². The van der Waals surface area contributed by atoms with E-state index >= 15 is 0 Å². The molecule has 0 spiro atoms. The molecule has 0 unspecified atom stereocenters. The van der Waals surface area contributed by atoms with Crippen molar-refractivity contribution in [1.29, 1.82) is 0 Å². The Balaban J connectivity index is 2.22. The molecular formula is C14H12Cl2FNO. The van der Waals surface area contributed by atoms with E-state index in [0.29, 0.717) is 21.3 Å². The van der Waals surface area contributed by atoms with E-state index in [1.54, 1.807) is 31.2 Å². The van der Waals surface area contributed by atoms with Crippen molar-refractivity contribution in [3.05, 3.63) is 57.3 Å². The van der Waals surface area contributed by atoms with Crippen molar-refractivity contribution in [2.45, 2.75) is 13.5 Å². The second-order valence-corrected chi connectivity index (χ2v) is 4.94. The zero-order chi connectivity index (χ0) is 14.0. The first-order valence-corrected chi connectivity index (χ1v) is 6.36. The molecule has 5 heteroatoms. The van der Waals surface area contributed by atoms with Crippen molar-refractivity contribution in [3.63, 3.8) is 0 Å². The molecule has 0 aliphatic heterocycles. The summed E-state index contributed by atoms with van der Waals surface area (Å²) in [5, 5.41) is 0.972. The molecule has 0 saturated carbocycles. The summed E-state index contributed by atoms with van der Waals surface area (Å²) in [6.45, 7) is 1.88. The number of anilines is 1. The van der Waals surface area contributed by atoms with Gasteiger partial charge in [-0.25, -0.2) is 4.39 Å². The zero-order valence-corrected chi connectivity index (χ0v) is 11.7. The molecule has 0 aliphatic carbocycles. The molecule has 0 heterocycles. The fourth-order valence-electron chi connectivity index (χ4n) is 1.60. The number of ether oxygens (including phenoxy) is 1. The molecule has 0 bridgehead atoms. The summed E-state index contributed by atoms with van der Waals surface area (Å²) < 4.78 is 19.1. The van der Waals surface area contributed by atoms with E-state index in [4.69, 9.17) is 33.7 Å². The third kappa shape index (κ3) is 3.11. The maximum atomic E-state index is 13.7. The third-order valence-corrected chi connectivity index (χ3v) is 3.46. The number of hydrogen-bond acceptors (Lipinski definition) is 2. The molecule has 0 aliphatic rings. The number of nitrogen functional groups attached to an aromatic ring is 1. The molecule has 0 fully saturated rings. The van der Waals surface area contributed by atoms with Crippen LogP contribution in [-0.4, -0.2) is 0 Å². The molecule has 2 aromatic rings. The SMILES string of the molecule is Cc1cc(OCc2c(Cl)cccc2Cl)c(F)cc1N. The number of hydrogen-bond donors (Lipinski definition) is 1. The van der Waals surface area contributed by atoms with Gasteiger partial charge in [-0.3, -0.25) is 0 Å². The molecule has 0 aromatic heterocycles. The van der Waals surface area contributed by atoms with Crippen LogP contribution in [0.1, 0.15) is 11.1 Å². The van der Waals surface area contributed by atoms with Crippen molar-refractivity contribution in [2.75, 3.05) is 5.73 Å². The van der Waals surface area contributed by atoms with Crippen LogP contribution in [0.2, 0.25) is 10.0 Å². The van der Waals surface area contributed by atoms with Crippen LogP contribution in [0.15, 0.2) is 30.3 Å². The predicted octanol–water partition coefficient (Wildman–Crippen LogP) is 4.60. The van der Waals surface area contributed by atoms with Crippen molar-refractivity contribution < 1.29 is 9.13 Å². The van der Waals surface area contributed by atoms with Gasteiger partial charge in [-0.2, -0.15) is 0 Å². The highest BCUT2D eigenvalue weighted by Gasteiger charge is 2.10. The van der Waals surface area contributed by atoms with E-state index in [0.717, 1.165) is 5.56 Å². The van der Waals surface area contributed by atoms with Crippen LogP contribution in [0.25, 0.3) is 0 Å². The largest absolute Gasteiger partial charge is 0.486 e. The Morgan fingerprint density at radius 2 is 1.84 bits per heavy atom. The first kappa shape index (κ1) is 14.0. The minimum absolute atomic E-state index is 0.0960. The highest BCUT2D eigenvalue weighted by atomic mass is 35.5. The molecule has 2 nitrogen and oxygen atoms in total. The fourth-order valence-corrected chi connectivity index (χ4v) is 2.11. The maximum Gasteiger partial charge on any atom is 0.167 e. The van der Waals surface area contributed by atoms with Gasteiger partial charge in [0.15, 0.2) is 11.6 Å². The molecule has 19 heavy (non-hydrogen) atoms. The lowest BCUT2D eigenvalue weighted by Crippen LogP contribution is -2.01. The van der Waals surface area contributed by atoms with Gasteiger partial charge in [0.25, 0.3) is 0 Å². The average molecular weight is 300 g/mol. The van der Waals surface area contributed by atoms with E-state index in [1.165, 1.54) is 6.07 Å². The minimum atomic E-state index is -0.508. The smallest absolute Gasteiger partial charge is 0.167 e. The molecule has 100 valence electrons. The van der Waals surface area contributed by atoms with Gasteiger partial charge in [0.1, 0.15) is 6.61 Å². The van der Waals surface area contributed by atoms with Crippen molar-refractivity contribution in [1.82, 2.24) is 0 Å². The lowest BCUT2D eigenvalue weighted by Gasteiger charge is -2.11. The lowest BCUT2D eigenvalue weighted by atomic mass is 10.2. The monoisotopic (exact) mass is 299 g/mol. The van der Waals surface area contributed by atoms with Crippen LogP contribution in [0, 0.1) is 12.7 Å². The van der Waals surface area contributed by atoms with Gasteiger partial charge < -0.3 is 10.5 Å². The third-order valence-electron chi connectivity index (χ3n) is 2.75. The Kier molecular flexibility index (Phi) is 4.17. The number of aryl methyl sites for hydroxylation is 1. The Bertz CT molecular complexity index is 596. The zero-order valence-electron chi connectivity index (χ0n) is 10.2. The van der Waals surface area contributed by atoms with Crippen LogP contribution in [-0.2, 0) is 6.61 Å². The van der Waals surface area contributed by atoms with E-state index < -0.39 is 5.82 Å². The highest BCUT2D eigenvalue weighted by Crippen LogP contribution is 2.28. The maximum absolute atomic E-state index is 13.7. The van der Waals surface area contributed by atoms with Gasteiger partial charge in [0, 0.05) is 27.4 Å². The second kappa shape index (κ2) is 5.68. The summed E-state index contributed by atoms with van der Waals surface area (Å²) in [5.74, 6) is -0.381. The molecular weight excluding hydrogens is 288 g/mol. The topological polar surface area (TPSA) is 35.2 Å². The predicted molar refractivity (Wildman–Crippen MR) is 76.3 cm³/mol. The average Bonchev–Trinajstić information content (AvgIpc) is 2.34. The van der Waals surface area contributed by atoms with Gasteiger partial charge in [-0.15, -0.1) is 0 Å². The minimum Gasteiger partial charge on any atom is -0.486 e. The van der Waals surface area contributed by atoms with Crippen molar-refractivity contribution >= 4 is 28.9 Å². The van der Waals surface area contributed by atoms with Gasteiger partial charge in [-0.1, -0.05) is 29.3 Å². The first-order chi connectivity index (χ1) is 8.99. The Hall–Kier alpha value is -1.45. The van der Waals surface area contributed by atoms with Crippen LogP contribution in [0.5, 0.6) is 5.75 Å². The Morgan fingerprint density at radius 3 is 2.47 bits per heavy atom. The Morgan fingerprint density at radius 1 is 1.21 bits per heavy atom. The number of benzene rings is 2. The number of nitrogens with two attached hydrogens (primary N) is 1. The summed E-state index contributed by atoms with van der Waals surface area (Å²) in [4.78, 5) is 0. The number of halogens is 3. The number of rotatable bonds is 3. The molecule has 2 rings (SSSR count). The molecule has 0 saturated heterocycles. The van der Waals surface area contributed by atoms with Crippen LogP contribution in [0.3, 0.4) is 0 Å². The van der Waals surface area contributed by atoms with Crippen LogP contribution >= 0.6 is 23.2 Å². The summed E-state index contributed by atoms with van der Waals surface area (Å²) >= 11 is 12.0. The molecule has 0 atom stereocenters. The lowest BCUT2D eigenvalue weighted by molar-refractivity contribution is 0.290. The highest BCUT2D eigenvalue weighted by molar-refractivity contribution is 6.35. The first-order valence-electron chi connectivity index (χ1n) is 5.60.